The average Bonchev–Trinajstić information content (AvgIpc) is 2.60. The summed E-state index contributed by atoms with van der Waals surface area (Å²) in [4.78, 5) is 20.8. The van der Waals surface area contributed by atoms with Gasteiger partial charge in [0, 0.05) is 13.1 Å². The molecule has 0 amide bonds. The number of oxime groups is 1. The molecule has 2 unspecified atom stereocenters. The summed E-state index contributed by atoms with van der Waals surface area (Å²) >= 11 is 0. The van der Waals surface area contributed by atoms with Gasteiger partial charge in [0.2, 0.25) is 6.23 Å². The first-order chi connectivity index (χ1) is 11.6. The van der Waals surface area contributed by atoms with Crippen molar-refractivity contribution in [1.82, 2.24) is 9.80 Å². The first-order valence-corrected chi connectivity index (χ1v) is 8.02. The van der Waals surface area contributed by atoms with E-state index in [2.05, 4.69) is 23.9 Å². The Balaban J connectivity index is 2.73. The smallest absolute Gasteiger partial charge is 0.371 e. The maximum Gasteiger partial charge on any atom is 0.371 e. The molecular formula is C15H25N5O4. The van der Waals surface area contributed by atoms with E-state index in [9.17, 15) is 4.79 Å². The number of hydrogen-bond acceptors (Lipinski definition) is 9. The van der Waals surface area contributed by atoms with Crippen LogP contribution < -0.4 is 0 Å². The summed E-state index contributed by atoms with van der Waals surface area (Å²) in [6.07, 6.45) is 0.211. The van der Waals surface area contributed by atoms with Gasteiger partial charge in [-0.05, 0) is 20.0 Å². The molecule has 24 heavy (non-hydrogen) atoms. The highest BCUT2D eigenvalue weighted by atomic mass is 16.7. The van der Waals surface area contributed by atoms with Crippen molar-refractivity contribution in [2.75, 3.05) is 39.4 Å². The number of nitrogens with zero attached hydrogens (tertiary/aromatic N) is 4. The SMILES string of the molecule is CCOC(=O)C(C#N)=NOC(C=N)N1CCOC(N(CC)CC)C1. The Kier molecular flexibility index (Phi) is 8.93. The summed E-state index contributed by atoms with van der Waals surface area (Å²) < 4.78 is 10.5. The molecule has 1 saturated heterocycles. The molecule has 1 N–H and O–H groups in total. The topological polar surface area (TPSA) is 111 Å². The molecule has 0 saturated carbocycles. The molecule has 0 aromatic rings. The summed E-state index contributed by atoms with van der Waals surface area (Å²) in [5.74, 6) is -0.841. The van der Waals surface area contributed by atoms with Crippen LogP contribution >= 0.6 is 0 Å². The molecule has 1 fully saturated rings. The van der Waals surface area contributed by atoms with Gasteiger partial charge in [-0.25, -0.2) is 4.79 Å². The monoisotopic (exact) mass is 339 g/mol. The predicted octanol–water partition coefficient (Wildman–Crippen LogP) is 0.421. The second-order valence-corrected chi connectivity index (χ2v) is 4.98. The molecule has 0 aliphatic carbocycles. The third-order valence-corrected chi connectivity index (χ3v) is 3.63. The van der Waals surface area contributed by atoms with E-state index < -0.39 is 17.9 Å². The van der Waals surface area contributed by atoms with Crippen LogP contribution in [-0.4, -0.2) is 79.5 Å². The summed E-state index contributed by atoms with van der Waals surface area (Å²) in [6, 6.07) is 1.64. The highest BCUT2D eigenvalue weighted by molar-refractivity contribution is 6.42. The van der Waals surface area contributed by atoms with Crippen LogP contribution in [0, 0.1) is 16.7 Å². The Morgan fingerprint density at radius 1 is 1.54 bits per heavy atom. The van der Waals surface area contributed by atoms with Crippen molar-refractivity contribution in [3.05, 3.63) is 0 Å². The lowest BCUT2D eigenvalue weighted by Gasteiger charge is -2.39. The third-order valence-electron chi connectivity index (χ3n) is 3.63. The zero-order valence-corrected chi connectivity index (χ0v) is 14.4. The van der Waals surface area contributed by atoms with Crippen molar-refractivity contribution in [3.63, 3.8) is 0 Å². The zero-order valence-electron chi connectivity index (χ0n) is 14.4. The van der Waals surface area contributed by atoms with Crippen LogP contribution in [0.2, 0.25) is 0 Å². The van der Waals surface area contributed by atoms with Crippen LogP contribution in [0.5, 0.6) is 0 Å². The number of carbonyl (C=O) groups is 1. The fourth-order valence-corrected chi connectivity index (χ4v) is 2.35. The molecule has 1 aliphatic heterocycles. The molecule has 1 heterocycles. The van der Waals surface area contributed by atoms with Crippen molar-refractivity contribution in [3.8, 4) is 6.07 Å². The quantitative estimate of drug-likeness (QED) is 0.368. The van der Waals surface area contributed by atoms with Crippen LogP contribution in [0.1, 0.15) is 20.8 Å². The summed E-state index contributed by atoms with van der Waals surface area (Å²) in [6.45, 7) is 9.19. The highest BCUT2D eigenvalue weighted by Gasteiger charge is 2.29. The average molecular weight is 339 g/mol. The molecule has 1 aliphatic rings. The molecule has 0 aromatic heterocycles. The van der Waals surface area contributed by atoms with Gasteiger partial charge < -0.3 is 19.7 Å². The summed E-state index contributed by atoms with van der Waals surface area (Å²) in [5.41, 5.74) is -0.475. The minimum absolute atomic E-state index is 0.0933. The second-order valence-electron chi connectivity index (χ2n) is 4.98. The van der Waals surface area contributed by atoms with E-state index >= 15 is 0 Å². The maximum atomic E-state index is 11.5. The Morgan fingerprint density at radius 3 is 2.79 bits per heavy atom. The molecule has 0 spiro atoms. The van der Waals surface area contributed by atoms with Crippen molar-refractivity contribution >= 4 is 17.9 Å². The first-order valence-electron chi connectivity index (χ1n) is 8.02. The van der Waals surface area contributed by atoms with Gasteiger partial charge in [-0.2, -0.15) is 5.26 Å². The lowest BCUT2D eigenvalue weighted by Crippen LogP contribution is -2.54. The van der Waals surface area contributed by atoms with Crippen LogP contribution in [-0.2, 0) is 19.1 Å². The fourth-order valence-electron chi connectivity index (χ4n) is 2.35. The Morgan fingerprint density at radius 2 is 2.25 bits per heavy atom. The van der Waals surface area contributed by atoms with E-state index in [1.165, 1.54) is 0 Å². The minimum Gasteiger partial charge on any atom is -0.461 e. The molecule has 0 radical (unpaired) electrons. The normalized spacial score (nSPS) is 20.3. The molecule has 2 atom stereocenters. The third kappa shape index (κ3) is 5.56. The second kappa shape index (κ2) is 10.7. The Labute approximate surface area is 142 Å². The molecule has 0 bridgehead atoms. The van der Waals surface area contributed by atoms with Gasteiger partial charge in [-0.3, -0.25) is 9.80 Å². The lowest BCUT2D eigenvalue weighted by atomic mass is 10.3. The van der Waals surface area contributed by atoms with Gasteiger partial charge in [-0.15, -0.1) is 0 Å². The predicted molar refractivity (Wildman–Crippen MR) is 87.6 cm³/mol. The zero-order chi connectivity index (χ0) is 17.9. The van der Waals surface area contributed by atoms with E-state index in [1.54, 1.807) is 13.0 Å². The molecule has 0 aromatic carbocycles. The van der Waals surface area contributed by atoms with E-state index in [0.717, 1.165) is 19.3 Å². The summed E-state index contributed by atoms with van der Waals surface area (Å²) in [5, 5.41) is 20.0. The van der Waals surface area contributed by atoms with E-state index in [0.29, 0.717) is 19.7 Å². The molecule has 9 heteroatoms. The van der Waals surface area contributed by atoms with E-state index in [-0.39, 0.29) is 12.8 Å². The van der Waals surface area contributed by atoms with Gasteiger partial charge in [0.1, 0.15) is 12.3 Å². The number of nitrogens with one attached hydrogen (secondary N) is 1. The number of rotatable bonds is 9. The number of ether oxygens (including phenoxy) is 2. The van der Waals surface area contributed by atoms with Crippen molar-refractivity contribution in [2.45, 2.75) is 33.2 Å². The van der Waals surface area contributed by atoms with Crippen LogP contribution in [0.25, 0.3) is 0 Å². The fraction of sp³-hybridized carbons (Fsp3) is 0.733. The van der Waals surface area contributed by atoms with Gasteiger partial charge in [0.15, 0.2) is 0 Å². The van der Waals surface area contributed by atoms with Crippen molar-refractivity contribution in [2.24, 2.45) is 5.16 Å². The number of likely N-dealkylation sites (N-methyl/N-ethyl adjacent to an activating group) is 1. The molecular weight excluding hydrogens is 314 g/mol. The Hall–Kier alpha value is -2.02. The van der Waals surface area contributed by atoms with Gasteiger partial charge in [0.05, 0.1) is 19.4 Å². The van der Waals surface area contributed by atoms with Crippen LogP contribution in [0.4, 0.5) is 0 Å². The minimum atomic E-state index is -0.841. The Bertz CT molecular complexity index is 487. The van der Waals surface area contributed by atoms with E-state index in [4.69, 9.17) is 25.0 Å². The van der Waals surface area contributed by atoms with Gasteiger partial charge >= 0.3 is 5.97 Å². The standard InChI is InChI=1S/C15H25N5O4/c1-4-19(5-2)14-11-20(7-8-23-14)13(10-17)24-18-12(9-16)15(21)22-6-3/h10,13-14,17H,4-8,11H2,1-3H3. The lowest BCUT2D eigenvalue weighted by molar-refractivity contribution is -0.142. The molecule has 134 valence electrons. The molecule has 1 rings (SSSR count). The van der Waals surface area contributed by atoms with Crippen molar-refractivity contribution in [1.29, 1.82) is 10.7 Å². The van der Waals surface area contributed by atoms with Crippen LogP contribution in [0.3, 0.4) is 0 Å². The van der Waals surface area contributed by atoms with Gasteiger partial charge in [0.25, 0.3) is 5.71 Å². The number of carbonyl (C=O) groups excluding carboxylic acids is 1. The first kappa shape index (κ1) is 20.0. The van der Waals surface area contributed by atoms with Gasteiger partial charge in [-0.1, -0.05) is 19.0 Å². The highest BCUT2D eigenvalue weighted by Crippen LogP contribution is 2.13. The number of hydrogen-bond donors (Lipinski definition) is 1. The maximum absolute atomic E-state index is 11.5. The largest absolute Gasteiger partial charge is 0.461 e. The number of esters is 1. The molecule has 9 nitrogen and oxygen atoms in total. The number of nitriles is 1. The number of morpholine rings is 1. The van der Waals surface area contributed by atoms with Crippen molar-refractivity contribution < 1.29 is 19.1 Å². The summed E-state index contributed by atoms with van der Waals surface area (Å²) in [7, 11) is 0. The van der Waals surface area contributed by atoms with Crippen LogP contribution in [0.15, 0.2) is 5.16 Å². The van der Waals surface area contributed by atoms with E-state index in [1.807, 2.05) is 4.90 Å².